The van der Waals surface area contributed by atoms with Crippen LogP contribution in [0.5, 0.6) is 11.5 Å². The number of fused-ring (bicyclic) bond motifs is 3. The van der Waals surface area contributed by atoms with Crippen molar-refractivity contribution in [2.75, 3.05) is 26.7 Å². The summed E-state index contributed by atoms with van der Waals surface area (Å²) in [5, 5.41) is 50.1. The number of aromatic hydroxyl groups is 1. The van der Waals surface area contributed by atoms with E-state index in [0.29, 0.717) is 31.8 Å². The van der Waals surface area contributed by atoms with Gasteiger partial charge < -0.3 is 49.6 Å². The van der Waals surface area contributed by atoms with E-state index in [1.165, 1.54) is 52.0 Å². The highest BCUT2D eigenvalue weighted by atomic mass is 16.7. The maximum absolute atomic E-state index is 15.0. The molecule has 1 aliphatic carbocycles. The molecule has 10 atom stereocenters. The van der Waals surface area contributed by atoms with Gasteiger partial charge in [-0.05, 0) is 25.8 Å². The molecule has 1 aromatic rings. The minimum atomic E-state index is -1.85. The van der Waals surface area contributed by atoms with Gasteiger partial charge in [0.1, 0.15) is 29.0 Å². The van der Waals surface area contributed by atoms with Crippen LogP contribution in [0.25, 0.3) is 0 Å². The highest BCUT2D eigenvalue weighted by Crippen LogP contribution is 2.55. The van der Waals surface area contributed by atoms with Gasteiger partial charge in [-0.3, -0.25) is 29.1 Å². The standard InChI is InChI=1S/C48H66N4O12/c1-23(2)22-51-19-17-48(18-20-51)50-36-33-34-41(57)29(8)44-35(33)45(59)47(11,64-44)62-21-16-32(61-12)26(5)43(63-31(10)54)28(7)40(56)27(6)39(55)24(3)14-13-15-25(4)46(60)49-37(42(34)58)38(36)52(48)30(9)53/h13-16,21,23-24,26-28,32,39-40,43,45,55-57,59H,17-20,22H2,1-12H3,(H,49,60)/b14-13-,21-16-,25-15+/t24-,26-,27+,28+,32-,39-,40+,43-,45?,47-/m0/s1. The van der Waals surface area contributed by atoms with Gasteiger partial charge in [0.2, 0.25) is 11.7 Å². The van der Waals surface area contributed by atoms with Crippen LogP contribution in [0.2, 0.25) is 0 Å². The number of aliphatic imine (C=N–C) groups is 1. The molecule has 64 heavy (non-hydrogen) atoms. The van der Waals surface area contributed by atoms with E-state index in [4.69, 9.17) is 23.9 Å². The molecule has 2 amide bonds. The summed E-state index contributed by atoms with van der Waals surface area (Å²) in [4.78, 5) is 64.6. The van der Waals surface area contributed by atoms with Crippen molar-refractivity contribution in [1.29, 1.82) is 0 Å². The number of Topliss-reactive ketones (excluding diaryl/α,β-unsaturated/α-hetero) is 1. The molecule has 1 spiro atoms. The molecule has 0 saturated carbocycles. The Bertz CT molecular complexity index is 2200. The van der Waals surface area contributed by atoms with E-state index >= 15 is 4.79 Å². The van der Waals surface area contributed by atoms with Crippen LogP contribution in [-0.2, 0) is 28.6 Å². The van der Waals surface area contributed by atoms with E-state index in [9.17, 15) is 34.8 Å². The number of rotatable bonds is 4. The van der Waals surface area contributed by atoms with Crippen LogP contribution < -0.4 is 10.1 Å². The lowest BCUT2D eigenvalue weighted by molar-refractivity contribution is -0.181. The molecule has 1 saturated heterocycles. The molecule has 350 valence electrons. The number of carbonyl (C=O) groups is 4. The fourth-order valence-corrected chi connectivity index (χ4v) is 10.0. The van der Waals surface area contributed by atoms with Crippen molar-refractivity contribution < 1.29 is 58.6 Å². The highest BCUT2D eigenvalue weighted by molar-refractivity contribution is 6.32. The first kappa shape index (κ1) is 48.6. The first-order valence-corrected chi connectivity index (χ1v) is 22.3. The number of amides is 2. The number of hydrogen-bond donors (Lipinski definition) is 5. The summed E-state index contributed by atoms with van der Waals surface area (Å²) in [6.07, 6.45) is 3.02. The summed E-state index contributed by atoms with van der Waals surface area (Å²) in [5.74, 6) is -6.77. The van der Waals surface area contributed by atoms with Crippen molar-refractivity contribution in [3.05, 3.63) is 69.8 Å². The molecule has 16 heteroatoms. The predicted molar refractivity (Wildman–Crippen MR) is 237 cm³/mol. The number of piperidine rings is 1. The summed E-state index contributed by atoms with van der Waals surface area (Å²) in [6.45, 7) is 20.5. The fraction of sp³-hybridized carbons (Fsp3) is 0.604. The molecule has 0 aromatic heterocycles. The fourth-order valence-electron chi connectivity index (χ4n) is 10.0. The molecule has 5 N–H and O–H groups in total. The van der Waals surface area contributed by atoms with E-state index in [0.717, 1.165) is 6.54 Å². The maximum atomic E-state index is 15.0. The van der Waals surface area contributed by atoms with Crippen LogP contribution in [0.3, 0.4) is 0 Å². The Kier molecular flexibility index (Phi) is 14.1. The Morgan fingerprint density at radius 2 is 1.64 bits per heavy atom. The number of phenols is 1. The summed E-state index contributed by atoms with van der Waals surface area (Å²) in [7, 11) is 1.46. The highest BCUT2D eigenvalue weighted by Gasteiger charge is 2.57. The lowest BCUT2D eigenvalue weighted by Gasteiger charge is -2.43. The zero-order valence-electron chi connectivity index (χ0n) is 39.1. The molecular weight excluding hydrogens is 825 g/mol. The number of benzene rings is 1. The Labute approximate surface area is 375 Å². The predicted octanol–water partition coefficient (Wildman–Crippen LogP) is 4.73. The zero-order chi connectivity index (χ0) is 47.3. The lowest BCUT2D eigenvalue weighted by atomic mass is 9.78. The minimum Gasteiger partial charge on any atom is -0.507 e. The Morgan fingerprint density at radius 1 is 0.984 bits per heavy atom. The topological polar surface area (TPSA) is 217 Å². The van der Waals surface area contributed by atoms with Gasteiger partial charge in [0.15, 0.2) is 6.10 Å². The third kappa shape index (κ3) is 8.66. The van der Waals surface area contributed by atoms with Gasteiger partial charge in [-0.2, -0.15) is 0 Å². The SMILES string of the molecule is CO[C@H]1/C=C\O[C@@]2(C)Oc3c(C)c(O)c4c(c3C2O)C2=NC3(CCN(CC(C)C)CC3)N(C(C)=O)C2=C(NC(=O)/C(C)=C/C=C\[C@H](C)[C@H](O)[C@@H](C)[C@@H](O)[C@@H](C)[C@@H](OC(C)=O)[C@H]1C)C4=O. The average Bonchev–Trinajstić information content (AvgIpc) is 3.71. The van der Waals surface area contributed by atoms with Gasteiger partial charge in [-0.25, -0.2) is 0 Å². The monoisotopic (exact) mass is 890 g/mol. The second-order valence-corrected chi connectivity index (χ2v) is 18.9. The first-order valence-electron chi connectivity index (χ1n) is 22.3. The van der Waals surface area contributed by atoms with E-state index in [2.05, 4.69) is 24.1 Å². The Morgan fingerprint density at radius 3 is 2.23 bits per heavy atom. The van der Waals surface area contributed by atoms with Crippen molar-refractivity contribution in [2.24, 2.45) is 34.6 Å². The number of methoxy groups -OCH3 is 1. The normalized spacial score (nSPS) is 34.1. The summed E-state index contributed by atoms with van der Waals surface area (Å²) < 4.78 is 24.2. The number of hydrogen-bond acceptors (Lipinski definition) is 14. The molecule has 16 nitrogen and oxygen atoms in total. The Balaban J connectivity index is 1.55. The molecule has 4 aliphatic heterocycles. The first-order chi connectivity index (χ1) is 30.0. The van der Waals surface area contributed by atoms with Crippen molar-refractivity contribution in [3.8, 4) is 11.5 Å². The molecule has 5 aliphatic rings. The molecule has 1 aromatic carbocycles. The number of aliphatic hydroxyl groups excluding tert-OH is 3. The number of allylic oxidation sites excluding steroid dienone is 4. The molecule has 0 radical (unpaired) electrons. The molecule has 1 unspecified atom stereocenters. The van der Waals surface area contributed by atoms with E-state index in [1.807, 2.05) is 0 Å². The number of ether oxygens (including phenoxy) is 4. The van der Waals surface area contributed by atoms with Crippen LogP contribution in [0.1, 0.15) is 115 Å². The number of esters is 1. The van der Waals surface area contributed by atoms with Crippen molar-refractivity contribution in [2.45, 2.75) is 131 Å². The van der Waals surface area contributed by atoms with Gasteiger partial charge in [0, 0.05) is 106 Å². The van der Waals surface area contributed by atoms with Gasteiger partial charge in [-0.15, -0.1) is 0 Å². The quantitative estimate of drug-likeness (QED) is 0.259. The number of ketones is 1. The van der Waals surface area contributed by atoms with Crippen LogP contribution in [0.4, 0.5) is 0 Å². The third-order valence-corrected chi connectivity index (χ3v) is 13.7. The number of carbonyl (C=O) groups excluding carboxylic acids is 4. The van der Waals surface area contributed by atoms with Crippen LogP contribution in [-0.4, -0.2) is 122 Å². The van der Waals surface area contributed by atoms with Gasteiger partial charge >= 0.3 is 5.97 Å². The van der Waals surface area contributed by atoms with E-state index in [1.54, 1.807) is 52.8 Å². The number of aliphatic hydroxyl groups is 3. The maximum Gasteiger partial charge on any atom is 0.302 e. The average molecular weight is 891 g/mol. The number of nitrogens with one attached hydrogen (secondary N) is 1. The van der Waals surface area contributed by atoms with Gasteiger partial charge in [0.05, 0.1) is 41.5 Å². The molecule has 6 rings (SSSR count). The largest absolute Gasteiger partial charge is 0.507 e. The Hall–Kier alpha value is -4.87. The second kappa shape index (κ2) is 18.6. The second-order valence-electron chi connectivity index (χ2n) is 18.9. The number of phenolic OH excluding ortho intramolecular Hbond substituents is 1. The van der Waals surface area contributed by atoms with Crippen LogP contribution >= 0.6 is 0 Å². The minimum absolute atomic E-state index is 0.0540. The molecule has 5 bridgehead atoms. The zero-order valence-corrected chi connectivity index (χ0v) is 39.1. The van der Waals surface area contributed by atoms with Crippen molar-refractivity contribution in [1.82, 2.24) is 15.1 Å². The molecule has 1 fully saturated rings. The van der Waals surface area contributed by atoms with Gasteiger partial charge in [-0.1, -0.05) is 59.8 Å². The number of nitrogens with zero attached hydrogens (tertiary/aromatic N) is 3. The van der Waals surface area contributed by atoms with Gasteiger partial charge in [0.25, 0.3) is 11.7 Å². The molecule has 4 heterocycles. The number of likely N-dealkylation sites (tertiary alicyclic amines) is 1. The van der Waals surface area contributed by atoms with Crippen molar-refractivity contribution >= 4 is 29.3 Å². The molecular formula is C48H66N4O12. The summed E-state index contributed by atoms with van der Waals surface area (Å²) in [6, 6.07) is 0. The van der Waals surface area contributed by atoms with E-state index in [-0.39, 0.29) is 50.7 Å². The van der Waals surface area contributed by atoms with E-state index < -0.39 is 95.0 Å². The smallest absolute Gasteiger partial charge is 0.302 e. The summed E-state index contributed by atoms with van der Waals surface area (Å²) in [5.41, 5.74) is -0.951. The van der Waals surface area contributed by atoms with Crippen LogP contribution in [0.15, 0.2) is 52.5 Å². The third-order valence-electron chi connectivity index (χ3n) is 13.7. The summed E-state index contributed by atoms with van der Waals surface area (Å²) >= 11 is 0. The van der Waals surface area contributed by atoms with Crippen LogP contribution in [0, 0.1) is 36.5 Å². The lowest BCUT2D eigenvalue weighted by Crippen LogP contribution is -2.54. The van der Waals surface area contributed by atoms with Crippen molar-refractivity contribution in [3.63, 3.8) is 0 Å².